The molecule has 0 unspecified atom stereocenters. The van der Waals surface area contributed by atoms with Gasteiger partial charge in [-0.05, 0) is 36.3 Å². The third kappa shape index (κ3) is 4.89. The summed E-state index contributed by atoms with van der Waals surface area (Å²) in [6.07, 6.45) is 0.592. The topological polar surface area (TPSA) is 111 Å². The van der Waals surface area contributed by atoms with Crippen LogP contribution in [-0.2, 0) is 13.6 Å². The number of aliphatic hydroxyl groups excluding tert-OH is 1. The van der Waals surface area contributed by atoms with Gasteiger partial charge in [-0.3, -0.25) is 4.79 Å². The van der Waals surface area contributed by atoms with Gasteiger partial charge in [0.1, 0.15) is 23.7 Å². The Hall–Kier alpha value is -1.38. The van der Waals surface area contributed by atoms with Crippen LogP contribution in [0.4, 0.5) is 0 Å². The largest absolute Gasteiger partial charge is 0.408 e. The summed E-state index contributed by atoms with van der Waals surface area (Å²) in [6.45, 7) is 21.6. The highest BCUT2D eigenvalue weighted by Crippen LogP contribution is 2.45. The fourth-order valence-corrected chi connectivity index (χ4v) is 6.02. The van der Waals surface area contributed by atoms with Crippen molar-refractivity contribution in [2.24, 2.45) is 0 Å². The van der Waals surface area contributed by atoms with Crippen LogP contribution in [0.15, 0.2) is 17.3 Å². The van der Waals surface area contributed by atoms with Crippen molar-refractivity contribution in [2.45, 2.75) is 102 Å². The molecule has 3 heterocycles. The molecular formula is C22H40N4O5Si2. The number of rotatable bonds is 6. The first-order valence-corrected chi connectivity index (χ1v) is 17.3. The molecule has 33 heavy (non-hydrogen) atoms. The highest BCUT2D eigenvalue weighted by Gasteiger charge is 2.54. The first-order chi connectivity index (χ1) is 15.0. The molecule has 1 aliphatic rings. The summed E-state index contributed by atoms with van der Waals surface area (Å²) in [4.78, 5) is 19.2. The standard InChI is InChI=1S/C22H40N4O5Si2/c1-21(2,3)32(7,8)30-16-15(12-27)29-20(17(16)31-33(9,10)22(4,5)6)26-18-14(11-25-26)19(28)24-13-23-18/h11,13,15-17,20,27H,12H2,1-10H3,(H,23,24,28)/t15-,16-,17-,20-/m1/s1. The smallest absolute Gasteiger partial charge is 0.261 e. The Morgan fingerprint density at radius 2 is 1.61 bits per heavy atom. The van der Waals surface area contributed by atoms with Crippen molar-refractivity contribution < 1.29 is 18.7 Å². The van der Waals surface area contributed by atoms with Crippen LogP contribution in [0.1, 0.15) is 47.8 Å². The van der Waals surface area contributed by atoms with Gasteiger partial charge in [0.15, 0.2) is 28.5 Å². The van der Waals surface area contributed by atoms with Crippen molar-refractivity contribution in [3.8, 4) is 0 Å². The van der Waals surface area contributed by atoms with Gasteiger partial charge < -0.3 is 23.7 Å². The van der Waals surface area contributed by atoms with E-state index in [2.05, 4.69) is 82.8 Å². The van der Waals surface area contributed by atoms with Gasteiger partial charge >= 0.3 is 0 Å². The number of aromatic nitrogens is 4. The summed E-state index contributed by atoms with van der Waals surface area (Å²) in [5, 5.41) is 15.0. The van der Waals surface area contributed by atoms with Crippen molar-refractivity contribution >= 4 is 27.7 Å². The van der Waals surface area contributed by atoms with Crippen LogP contribution in [0.2, 0.25) is 36.3 Å². The molecule has 9 nitrogen and oxygen atoms in total. The van der Waals surface area contributed by atoms with Crippen LogP contribution in [0.3, 0.4) is 0 Å². The van der Waals surface area contributed by atoms with E-state index in [1.165, 1.54) is 12.5 Å². The average Bonchev–Trinajstić information content (AvgIpc) is 3.22. The molecule has 1 aliphatic heterocycles. The van der Waals surface area contributed by atoms with Crippen molar-refractivity contribution in [2.75, 3.05) is 6.61 Å². The molecule has 11 heteroatoms. The van der Waals surface area contributed by atoms with E-state index in [1.807, 2.05) is 0 Å². The van der Waals surface area contributed by atoms with Crippen LogP contribution >= 0.6 is 0 Å². The lowest BCUT2D eigenvalue weighted by molar-refractivity contribution is -0.0545. The van der Waals surface area contributed by atoms with Crippen molar-refractivity contribution in [3.63, 3.8) is 0 Å². The van der Waals surface area contributed by atoms with E-state index in [1.54, 1.807) is 4.68 Å². The number of hydrogen-bond donors (Lipinski definition) is 2. The molecule has 0 aliphatic carbocycles. The summed E-state index contributed by atoms with van der Waals surface area (Å²) in [5.41, 5.74) is 0.149. The third-order valence-electron chi connectivity index (χ3n) is 7.58. The molecule has 0 aromatic carbocycles. The Labute approximate surface area is 198 Å². The van der Waals surface area contributed by atoms with Gasteiger partial charge in [-0.1, -0.05) is 41.5 Å². The van der Waals surface area contributed by atoms with Crippen molar-refractivity contribution in [3.05, 3.63) is 22.9 Å². The van der Waals surface area contributed by atoms with Gasteiger partial charge in [0.25, 0.3) is 5.56 Å². The monoisotopic (exact) mass is 496 g/mol. The molecule has 2 N–H and O–H groups in total. The number of nitrogens with zero attached hydrogens (tertiary/aromatic N) is 3. The Morgan fingerprint density at radius 1 is 1.06 bits per heavy atom. The zero-order valence-electron chi connectivity index (χ0n) is 21.6. The second kappa shape index (κ2) is 8.69. The summed E-state index contributed by atoms with van der Waals surface area (Å²) < 4.78 is 21.7. The Kier molecular flexibility index (Phi) is 6.90. The third-order valence-corrected chi connectivity index (χ3v) is 16.5. The first kappa shape index (κ1) is 26.2. The Balaban J connectivity index is 2.11. The number of aromatic amines is 1. The SMILES string of the molecule is CC(C)(C)[Si](C)(C)O[C@@H]1[C@H](O[Si](C)(C)C(C)(C)C)[C@@H](CO)O[C@H]1n1ncc2c(=O)[nH]cnc21. The van der Waals surface area contributed by atoms with Gasteiger partial charge in [-0.2, -0.15) is 5.10 Å². The number of aliphatic hydroxyl groups is 1. The van der Waals surface area contributed by atoms with E-state index in [0.717, 1.165) is 0 Å². The van der Waals surface area contributed by atoms with Gasteiger partial charge in [0.2, 0.25) is 0 Å². The molecule has 4 atom stereocenters. The maximum Gasteiger partial charge on any atom is 0.261 e. The molecule has 0 bridgehead atoms. The normalized spacial score (nSPS) is 25.2. The molecular weight excluding hydrogens is 456 g/mol. The van der Waals surface area contributed by atoms with Gasteiger partial charge in [0.05, 0.1) is 19.1 Å². The minimum Gasteiger partial charge on any atom is -0.408 e. The molecule has 0 amide bonds. The highest BCUT2D eigenvalue weighted by atomic mass is 28.4. The summed E-state index contributed by atoms with van der Waals surface area (Å²) in [6, 6.07) is 0. The van der Waals surface area contributed by atoms with Gasteiger partial charge in [0, 0.05) is 0 Å². The van der Waals surface area contributed by atoms with Crippen LogP contribution in [0.25, 0.3) is 11.0 Å². The average molecular weight is 497 g/mol. The lowest BCUT2D eigenvalue weighted by Crippen LogP contribution is -2.54. The number of fused-ring (bicyclic) bond motifs is 1. The summed E-state index contributed by atoms with van der Waals surface area (Å²) in [7, 11) is -4.49. The fourth-order valence-electron chi connectivity index (χ4n) is 3.41. The molecule has 0 saturated carbocycles. The maximum atomic E-state index is 12.3. The van der Waals surface area contributed by atoms with E-state index >= 15 is 0 Å². The lowest BCUT2D eigenvalue weighted by Gasteiger charge is -2.44. The van der Waals surface area contributed by atoms with Crippen LogP contribution < -0.4 is 5.56 Å². The second-order valence-corrected chi connectivity index (χ2v) is 21.5. The van der Waals surface area contributed by atoms with Gasteiger partial charge in [-0.25, -0.2) is 9.67 Å². The Morgan fingerprint density at radius 3 is 2.12 bits per heavy atom. The molecule has 2 aromatic rings. The van der Waals surface area contributed by atoms with E-state index in [-0.39, 0.29) is 22.2 Å². The second-order valence-electron chi connectivity index (χ2n) is 12.0. The number of H-pyrrole nitrogens is 1. The quantitative estimate of drug-likeness (QED) is 0.585. The van der Waals surface area contributed by atoms with Gasteiger partial charge in [-0.15, -0.1) is 0 Å². The van der Waals surface area contributed by atoms with E-state index in [9.17, 15) is 9.90 Å². The molecule has 0 spiro atoms. The maximum absolute atomic E-state index is 12.3. The predicted octanol–water partition coefficient (Wildman–Crippen LogP) is 3.79. The van der Waals surface area contributed by atoms with Crippen LogP contribution in [0, 0.1) is 0 Å². The van der Waals surface area contributed by atoms with E-state index in [4.69, 9.17) is 13.6 Å². The first-order valence-electron chi connectivity index (χ1n) is 11.5. The minimum atomic E-state index is -2.26. The molecule has 186 valence electrons. The fraction of sp³-hybridized carbons (Fsp3) is 0.773. The number of ether oxygens (including phenoxy) is 1. The molecule has 2 aromatic heterocycles. The zero-order chi connectivity index (χ0) is 25.0. The lowest BCUT2D eigenvalue weighted by atomic mass is 10.1. The zero-order valence-corrected chi connectivity index (χ0v) is 23.6. The van der Waals surface area contributed by atoms with Crippen LogP contribution in [0.5, 0.6) is 0 Å². The summed E-state index contributed by atoms with van der Waals surface area (Å²) >= 11 is 0. The molecule has 0 radical (unpaired) electrons. The van der Waals surface area contributed by atoms with Crippen LogP contribution in [-0.4, -0.2) is 66.4 Å². The van der Waals surface area contributed by atoms with E-state index in [0.29, 0.717) is 11.0 Å². The molecule has 1 fully saturated rings. The van der Waals surface area contributed by atoms with Crippen molar-refractivity contribution in [1.82, 2.24) is 19.7 Å². The molecule has 3 rings (SSSR count). The Bertz CT molecular complexity index is 1040. The predicted molar refractivity (Wildman–Crippen MR) is 133 cm³/mol. The van der Waals surface area contributed by atoms with Crippen molar-refractivity contribution in [1.29, 1.82) is 0 Å². The number of nitrogens with one attached hydrogen (secondary N) is 1. The summed E-state index contributed by atoms with van der Waals surface area (Å²) in [5.74, 6) is 0. The molecule has 1 saturated heterocycles. The number of hydrogen-bond acceptors (Lipinski definition) is 7. The minimum absolute atomic E-state index is 0.0279. The highest BCUT2D eigenvalue weighted by molar-refractivity contribution is 6.74. The van der Waals surface area contributed by atoms with E-state index < -0.39 is 41.2 Å².